The van der Waals surface area contributed by atoms with Gasteiger partial charge in [0.25, 0.3) is 0 Å². The van der Waals surface area contributed by atoms with Gasteiger partial charge in [-0.2, -0.15) is 0 Å². The van der Waals surface area contributed by atoms with Crippen molar-refractivity contribution in [1.29, 1.82) is 0 Å². The summed E-state index contributed by atoms with van der Waals surface area (Å²) in [5.74, 6) is 0.841. The Balaban J connectivity index is 1.75. The van der Waals surface area contributed by atoms with E-state index >= 15 is 0 Å². The van der Waals surface area contributed by atoms with Gasteiger partial charge in [0.05, 0.1) is 30.8 Å². The van der Waals surface area contributed by atoms with Crippen LogP contribution < -0.4 is 10.1 Å². The Hall–Kier alpha value is -2.50. The Morgan fingerprint density at radius 3 is 2.72 bits per heavy atom. The number of imidazole rings is 1. The maximum atomic E-state index is 6.40. The Labute approximate surface area is 152 Å². The van der Waals surface area contributed by atoms with E-state index in [2.05, 4.69) is 16.4 Å². The van der Waals surface area contributed by atoms with Gasteiger partial charge in [-0.05, 0) is 35.9 Å². The summed E-state index contributed by atoms with van der Waals surface area (Å²) in [6.07, 6.45) is 5.31. The molecule has 0 bridgehead atoms. The van der Waals surface area contributed by atoms with Crippen molar-refractivity contribution >= 4 is 17.3 Å². The molecule has 3 rings (SSSR count). The summed E-state index contributed by atoms with van der Waals surface area (Å²) in [6, 6.07) is 11.9. The van der Waals surface area contributed by atoms with Crippen LogP contribution in [-0.2, 0) is 17.9 Å². The average molecular weight is 358 g/mol. The van der Waals surface area contributed by atoms with Gasteiger partial charge in [0.1, 0.15) is 5.75 Å². The fraction of sp³-hybridized carbons (Fsp3) is 0.211. The molecule has 0 saturated heterocycles. The van der Waals surface area contributed by atoms with Crippen molar-refractivity contribution in [3.8, 4) is 11.4 Å². The molecule has 3 aromatic rings. The first-order valence-corrected chi connectivity index (χ1v) is 8.25. The van der Waals surface area contributed by atoms with Crippen LogP contribution in [0.5, 0.6) is 5.75 Å². The van der Waals surface area contributed by atoms with Gasteiger partial charge in [-0.3, -0.25) is 0 Å². The van der Waals surface area contributed by atoms with Gasteiger partial charge >= 0.3 is 0 Å². The number of nitrogens with zero attached hydrogens (tertiary/aromatic N) is 2. The lowest BCUT2D eigenvalue weighted by Crippen LogP contribution is -2.03. The van der Waals surface area contributed by atoms with Gasteiger partial charge < -0.3 is 19.4 Å². The number of halogens is 1. The molecule has 0 spiro atoms. The van der Waals surface area contributed by atoms with E-state index in [1.54, 1.807) is 26.7 Å². The normalized spacial score (nSPS) is 10.7. The smallest absolute Gasteiger partial charge is 0.123 e. The fourth-order valence-corrected chi connectivity index (χ4v) is 2.93. The number of methoxy groups -OCH3 is 2. The first-order chi connectivity index (χ1) is 12.2. The number of ether oxygens (including phenoxy) is 2. The van der Waals surface area contributed by atoms with Crippen LogP contribution in [-0.4, -0.2) is 23.8 Å². The van der Waals surface area contributed by atoms with Crippen LogP contribution >= 0.6 is 11.6 Å². The molecule has 0 unspecified atom stereocenters. The summed E-state index contributed by atoms with van der Waals surface area (Å²) in [5, 5.41) is 4.04. The fourth-order valence-electron chi connectivity index (χ4n) is 2.65. The molecule has 25 heavy (non-hydrogen) atoms. The molecule has 2 aromatic carbocycles. The van der Waals surface area contributed by atoms with Gasteiger partial charge in [0, 0.05) is 37.3 Å². The molecular weight excluding hydrogens is 338 g/mol. The van der Waals surface area contributed by atoms with E-state index in [1.807, 2.05) is 41.1 Å². The lowest BCUT2D eigenvalue weighted by atomic mass is 10.1. The third-order valence-corrected chi connectivity index (χ3v) is 4.17. The summed E-state index contributed by atoms with van der Waals surface area (Å²) >= 11 is 6.40. The van der Waals surface area contributed by atoms with Crippen molar-refractivity contribution < 1.29 is 9.47 Å². The second kappa shape index (κ2) is 8.05. The molecule has 1 aromatic heterocycles. The lowest BCUT2D eigenvalue weighted by molar-refractivity contribution is 0.185. The third-order valence-electron chi connectivity index (χ3n) is 3.87. The molecule has 1 heterocycles. The molecule has 1 N–H and O–H groups in total. The number of rotatable bonds is 7. The summed E-state index contributed by atoms with van der Waals surface area (Å²) in [4.78, 5) is 4.05. The first-order valence-electron chi connectivity index (χ1n) is 7.87. The number of aromatic nitrogens is 2. The van der Waals surface area contributed by atoms with Crippen molar-refractivity contribution in [3.05, 3.63) is 71.3 Å². The zero-order chi connectivity index (χ0) is 17.6. The van der Waals surface area contributed by atoms with E-state index in [1.165, 1.54) is 0 Å². The van der Waals surface area contributed by atoms with E-state index in [0.717, 1.165) is 28.3 Å². The van der Waals surface area contributed by atoms with Gasteiger partial charge in [-0.25, -0.2) is 4.98 Å². The number of benzene rings is 2. The van der Waals surface area contributed by atoms with Crippen molar-refractivity contribution in [2.45, 2.75) is 13.2 Å². The molecule has 0 aliphatic heterocycles. The Morgan fingerprint density at radius 2 is 2.04 bits per heavy atom. The predicted octanol–water partition coefficient (Wildman–Crippen LogP) is 4.29. The molecule has 0 saturated carbocycles. The summed E-state index contributed by atoms with van der Waals surface area (Å²) < 4.78 is 12.5. The highest BCUT2D eigenvalue weighted by Gasteiger charge is 2.07. The molecule has 0 fully saturated rings. The summed E-state index contributed by atoms with van der Waals surface area (Å²) in [5.41, 5.74) is 4.00. The highest BCUT2D eigenvalue weighted by molar-refractivity contribution is 6.32. The van der Waals surface area contributed by atoms with Crippen LogP contribution in [0.3, 0.4) is 0 Å². The maximum Gasteiger partial charge on any atom is 0.123 e. The molecule has 130 valence electrons. The van der Waals surface area contributed by atoms with Crippen LogP contribution in [0, 0.1) is 0 Å². The highest BCUT2D eigenvalue weighted by atomic mass is 35.5. The predicted molar refractivity (Wildman–Crippen MR) is 99.6 cm³/mol. The Bertz CT molecular complexity index is 835. The molecule has 0 radical (unpaired) electrons. The van der Waals surface area contributed by atoms with Crippen LogP contribution in [0.15, 0.2) is 55.1 Å². The number of hydrogen-bond acceptors (Lipinski definition) is 4. The van der Waals surface area contributed by atoms with Gasteiger partial charge in [-0.15, -0.1) is 0 Å². The SMILES string of the molecule is COCc1ccc(OC)c(CNc2ccc(-n3ccnc3)c(Cl)c2)c1. The van der Waals surface area contributed by atoms with Gasteiger partial charge in [0.15, 0.2) is 0 Å². The minimum atomic E-state index is 0.572. The molecule has 0 aliphatic rings. The van der Waals surface area contributed by atoms with Crippen molar-refractivity contribution in [2.75, 3.05) is 19.5 Å². The first kappa shape index (κ1) is 17.3. The van der Waals surface area contributed by atoms with E-state index in [-0.39, 0.29) is 0 Å². The van der Waals surface area contributed by atoms with Crippen molar-refractivity contribution in [3.63, 3.8) is 0 Å². The van der Waals surface area contributed by atoms with E-state index in [4.69, 9.17) is 21.1 Å². The number of nitrogens with one attached hydrogen (secondary N) is 1. The lowest BCUT2D eigenvalue weighted by Gasteiger charge is -2.13. The second-order valence-electron chi connectivity index (χ2n) is 5.57. The molecule has 0 amide bonds. The maximum absolute atomic E-state index is 6.40. The summed E-state index contributed by atoms with van der Waals surface area (Å²) in [7, 11) is 3.36. The van der Waals surface area contributed by atoms with Crippen LogP contribution in [0.1, 0.15) is 11.1 Å². The van der Waals surface area contributed by atoms with Crippen LogP contribution in [0.4, 0.5) is 5.69 Å². The minimum absolute atomic E-state index is 0.572. The molecule has 5 nitrogen and oxygen atoms in total. The minimum Gasteiger partial charge on any atom is -0.496 e. The molecule has 6 heteroatoms. The highest BCUT2D eigenvalue weighted by Crippen LogP contribution is 2.26. The second-order valence-corrected chi connectivity index (χ2v) is 5.98. The third kappa shape index (κ3) is 4.13. The van der Waals surface area contributed by atoms with Gasteiger partial charge in [-0.1, -0.05) is 17.7 Å². The van der Waals surface area contributed by atoms with E-state index < -0.39 is 0 Å². The zero-order valence-corrected chi connectivity index (χ0v) is 15.0. The molecule has 0 aliphatic carbocycles. The average Bonchev–Trinajstić information content (AvgIpc) is 3.15. The standard InChI is InChI=1S/C19H20ClN3O2/c1-24-12-14-3-6-19(25-2)15(9-14)11-22-16-4-5-18(17(20)10-16)23-8-7-21-13-23/h3-10,13,22H,11-12H2,1-2H3. The van der Waals surface area contributed by atoms with E-state index in [0.29, 0.717) is 18.2 Å². The van der Waals surface area contributed by atoms with Crippen LogP contribution in [0.2, 0.25) is 5.02 Å². The topological polar surface area (TPSA) is 48.3 Å². The quantitative estimate of drug-likeness (QED) is 0.685. The number of hydrogen-bond donors (Lipinski definition) is 1. The molecular formula is C19H20ClN3O2. The van der Waals surface area contributed by atoms with E-state index in [9.17, 15) is 0 Å². The van der Waals surface area contributed by atoms with Crippen molar-refractivity contribution in [1.82, 2.24) is 9.55 Å². The Kier molecular flexibility index (Phi) is 5.58. The van der Waals surface area contributed by atoms with Crippen LogP contribution in [0.25, 0.3) is 5.69 Å². The Morgan fingerprint density at radius 1 is 1.16 bits per heavy atom. The van der Waals surface area contributed by atoms with Gasteiger partial charge in [0.2, 0.25) is 0 Å². The largest absolute Gasteiger partial charge is 0.496 e. The molecule has 0 atom stereocenters. The van der Waals surface area contributed by atoms with Crippen molar-refractivity contribution in [2.24, 2.45) is 0 Å². The zero-order valence-electron chi connectivity index (χ0n) is 14.2. The summed E-state index contributed by atoms with van der Waals surface area (Å²) in [6.45, 7) is 1.20. The number of anilines is 1. The monoisotopic (exact) mass is 357 g/mol.